The molecule has 0 saturated heterocycles. The van der Waals surface area contributed by atoms with E-state index in [9.17, 15) is 0 Å². The third-order valence-electron chi connectivity index (χ3n) is 5.03. The summed E-state index contributed by atoms with van der Waals surface area (Å²) in [7, 11) is 5.73. The van der Waals surface area contributed by atoms with Crippen LogP contribution >= 0.6 is 0 Å². The molecule has 8 heteroatoms. The van der Waals surface area contributed by atoms with Crippen molar-refractivity contribution in [1.82, 2.24) is 20.4 Å². The Kier molecular flexibility index (Phi) is 10.0. The number of hydrogen-bond acceptors (Lipinski definition) is 7. The van der Waals surface area contributed by atoms with Gasteiger partial charge in [-0.1, -0.05) is 0 Å². The standard InChI is InChI=1S/C25H34N4O4/c1-26-12-13-29(2)19-21-18-27-28-25(21)20-4-6-22(7-5-20)32-16-17-33-24-10-8-23(9-11-24)31-15-14-30-3/h4-11,18,26H,12-17,19H2,1-3H3,(H,27,28). The third-order valence-corrected chi connectivity index (χ3v) is 5.03. The zero-order valence-electron chi connectivity index (χ0n) is 19.7. The summed E-state index contributed by atoms with van der Waals surface area (Å²) in [4.78, 5) is 2.27. The van der Waals surface area contributed by atoms with Gasteiger partial charge in [0.25, 0.3) is 0 Å². The van der Waals surface area contributed by atoms with Crippen LogP contribution in [0, 0.1) is 0 Å². The second-order valence-corrected chi connectivity index (χ2v) is 7.63. The molecular weight excluding hydrogens is 420 g/mol. The second-order valence-electron chi connectivity index (χ2n) is 7.63. The lowest BCUT2D eigenvalue weighted by atomic mass is 10.1. The van der Waals surface area contributed by atoms with Gasteiger partial charge in [0.1, 0.15) is 37.1 Å². The lowest BCUT2D eigenvalue weighted by Gasteiger charge is -2.16. The van der Waals surface area contributed by atoms with E-state index in [-0.39, 0.29) is 0 Å². The topological polar surface area (TPSA) is 80.9 Å². The highest BCUT2D eigenvalue weighted by molar-refractivity contribution is 5.63. The van der Waals surface area contributed by atoms with Crippen molar-refractivity contribution in [1.29, 1.82) is 0 Å². The van der Waals surface area contributed by atoms with Crippen LogP contribution in [-0.2, 0) is 11.3 Å². The molecular formula is C25H34N4O4. The monoisotopic (exact) mass is 454 g/mol. The molecule has 0 bridgehead atoms. The van der Waals surface area contributed by atoms with Gasteiger partial charge in [-0.25, -0.2) is 0 Å². The van der Waals surface area contributed by atoms with E-state index in [1.807, 2.05) is 61.8 Å². The molecule has 1 aromatic heterocycles. The molecule has 0 spiro atoms. The molecule has 0 radical (unpaired) electrons. The van der Waals surface area contributed by atoms with Crippen LogP contribution < -0.4 is 19.5 Å². The van der Waals surface area contributed by atoms with Crippen molar-refractivity contribution in [3.05, 3.63) is 60.3 Å². The highest BCUT2D eigenvalue weighted by atomic mass is 16.5. The lowest BCUT2D eigenvalue weighted by molar-refractivity contribution is 0.146. The molecule has 3 rings (SSSR count). The molecule has 178 valence electrons. The highest BCUT2D eigenvalue weighted by Gasteiger charge is 2.11. The number of nitrogens with one attached hydrogen (secondary N) is 2. The lowest BCUT2D eigenvalue weighted by Crippen LogP contribution is -2.26. The number of rotatable bonds is 15. The van der Waals surface area contributed by atoms with E-state index in [1.165, 1.54) is 5.56 Å². The van der Waals surface area contributed by atoms with Crippen LogP contribution in [0.25, 0.3) is 11.3 Å². The Hall–Kier alpha value is -3.07. The molecule has 0 aliphatic heterocycles. The van der Waals surface area contributed by atoms with Gasteiger partial charge in [0.05, 0.1) is 12.3 Å². The van der Waals surface area contributed by atoms with Gasteiger partial charge in [-0.2, -0.15) is 5.10 Å². The molecule has 0 aliphatic carbocycles. The fourth-order valence-electron chi connectivity index (χ4n) is 3.26. The summed E-state index contributed by atoms with van der Waals surface area (Å²) in [5, 5.41) is 10.6. The van der Waals surface area contributed by atoms with Crippen molar-refractivity contribution in [3.63, 3.8) is 0 Å². The smallest absolute Gasteiger partial charge is 0.122 e. The summed E-state index contributed by atoms with van der Waals surface area (Å²) in [5.41, 5.74) is 3.20. The number of methoxy groups -OCH3 is 1. The molecule has 1 heterocycles. The van der Waals surface area contributed by atoms with Crippen LogP contribution in [0.15, 0.2) is 54.7 Å². The summed E-state index contributed by atoms with van der Waals surface area (Å²) >= 11 is 0. The van der Waals surface area contributed by atoms with Crippen molar-refractivity contribution in [2.75, 3.05) is 60.7 Å². The predicted octanol–water partition coefficient (Wildman–Crippen LogP) is 3.21. The van der Waals surface area contributed by atoms with E-state index in [2.05, 4.69) is 27.5 Å². The van der Waals surface area contributed by atoms with Gasteiger partial charge in [-0.05, 0) is 62.6 Å². The van der Waals surface area contributed by atoms with E-state index in [4.69, 9.17) is 18.9 Å². The van der Waals surface area contributed by atoms with Gasteiger partial charge >= 0.3 is 0 Å². The van der Waals surface area contributed by atoms with Gasteiger partial charge in [0.15, 0.2) is 0 Å². The third kappa shape index (κ3) is 8.09. The predicted molar refractivity (Wildman–Crippen MR) is 129 cm³/mol. The van der Waals surface area contributed by atoms with Crippen molar-refractivity contribution < 1.29 is 18.9 Å². The Balaban J connectivity index is 1.43. The van der Waals surface area contributed by atoms with Crippen LogP contribution in [0.4, 0.5) is 0 Å². The van der Waals surface area contributed by atoms with Gasteiger partial charge in [-0.15, -0.1) is 0 Å². The summed E-state index contributed by atoms with van der Waals surface area (Å²) in [6, 6.07) is 15.5. The van der Waals surface area contributed by atoms with E-state index in [0.29, 0.717) is 26.4 Å². The first-order chi connectivity index (χ1) is 16.2. The fraction of sp³-hybridized carbons (Fsp3) is 0.400. The average molecular weight is 455 g/mol. The zero-order chi connectivity index (χ0) is 23.3. The van der Waals surface area contributed by atoms with Crippen LogP contribution in [0.3, 0.4) is 0 Å². The van der Waals surface area contributed by atoms with E-state index >= 15 is 0 Å². The summed E-state index contributed by atoms with van der Waals surface area (Å²) in [6.07, 6.45) is 1.96. The van der Waals surface area contributed by atoms with Gasteiger partial charge in [0.2, 0.25) is 0 Å². The van der Waals surface area contributed by atoms with Gasteiger partial charge in [-0.3, -0.25) is 5.10 Å². The largest absolute Gasteiger partial charge is 0.491 e. The van der Waals surface area contributed by atoms with E-state index in [0.717, 1.165) is 48.1 Å². The number of H-pyrrole nitrogens is 1. The van der Waals surface area contributed by atoms with Crippen LogP contribution in [0.1, 0.15) is 5.56 Å². The molecule has 0 aliphatic rings. The maximum Gasteiger partial charge on any atom is 0.122 e. The SMILES string of the molecule is CNCCN(C)Cc1c[nH]nc1-c1ccc(OCCOc2ccc(OCCOC)cc2)cc1. The minimum atomic E-state index is 0.452. The van der Waals surface area contributed by atoms with Crippen molar-refractivity contribution in [2.45, 2.75) is 6.54 Å². The Morgan fingerprint density at radius 1 is 0.848 bits per heavy atom. The summed E-state index contributed by atoms with van der Waals surface area (Å²) in [6.45, 7) is 4.76. The second kappa shape index (κ2) is 13.5. The van der Waals surface area contributed by atoms with Crippen molar-refractivity contribution >= 4 is 0 Å². The quantitative estimate of drug-likeness (QED) is 0.341. The molecule has 8 nitrogen and oxygen atoms in total. The zero-order valence-corrected chi connectivity index (χ0v) is 19.7. The fourth-order valence-corrected chi connectivity index (χ4v) is 3.26. The molecule has 0 fully saturated rings. The molecule has 0 unspecified atom stereocenters. The Bertz CT molecular complexity index is 928. The number of ether oxygens (including phenoxy) is 4. The maximum atomic E-state index is 5.82. The van der Waals surface area contributed by atoms with E-state index < -0.39 is 0 Å². The average Bonchev–Trinajstić information content (AvgIpc) is 3.30. The Morgan fingerprint density at radius 2 is 1.39 bits per heavy atom. The first-order valence-electron chi connectivity index (χ1n) is 11.1. The molecule has 3 aromatic rings. The molecule has 33 heavy (non-hydrogen) atoms. The Labute approximate surface area is 195 Å². The molecule has 0 atom stereocenters. The number of benzene rings is 2. The maximum absolute atomic E-state index is 5.82. The molecule has 2 N–H and O–H groups in total. The molecule has 0 saturated carbocycles. The van der Waals surface area contributed by atoms with Crippen LogP contribution in [0.2, 0.25) is 0 Å². The number of nitrogens with zero attached hydrogens (tertiary/aromatic N) is 2. The van der Waals surface area contributed by atoms with Crippen LogP contribution in [0.5, 0.6) is 17.2 Å². The number of hydrogen-bond donors (Lipinski definition) is 2. The number of aromatic nitrogens is 2. The first kappa shape index (κ1) is 24.6. The summed E-state index contributed by atoms with van der Waals surface area (Å²) in [5.74, 6) is 2.37. The molecule has 2 aromatic carbocycles. The first-order valence-corrected chi connectivity index (χ1v) is 11.1. The van der Waals surface area contributed by atoms with Crippen molar-refractivity contribution in [3.8, 4) is 28.5 Å². The number of likely N-dealkylation sites (N-methyl/N-ethyl adjacent to an activating group) is 2. The van der Waals surface area contributed by atoms with Gasteiger partial charge < -0.3 is 29.2 Å². The highest BCUT2D eigenvalue weighted by Crippen LogP contribution is 2.24. The molecule has 0 amide bonds. The Morgan fingerprint density at radius 3 is 1.94 bits per heavy atom. The van der Waals surface area contributed by atoms with Gasteiger partial charge in [0, 0.05) is 44.1 Å². The summed E-state index contributed by atoms with van der Waals surface area (Å²) < 4.78 is 22.1. The normalized spacial score (nSPS) is 11.0. The van der Waals surface area contributed by atoms with Crippen molar-refractivity contribution in [2.24, 2.45) is 0 Å². The van der Waals surface area contributed by atoms with Crippen LogP contribution in [-0.4, -0.2) is 75.8 Å². The minimum absolute atomic E-state index is 0.452. The number of aromatic amines is 1. The van der Waals surface area contributed by atoms with E-state index in [1.54, 1.807) is 7.11 Å². The minimum Gasteiger partial charge on any atom is -0.491 e.